The monoisotopic (exact) mass is 351 g/mol. The summed E-state index contributed by atoms with van der Waals surface area (Å²) in [6, 6.07) is 7.30. The fourth-order valence-corrected chi connectivity index (χ4v) is 2.97. The molecule has 0 spiro atoms. The molecule has 2 rings (SSSR count). The number of imidazole rings is 1. The average molecular weight is 352 g/mol. The van der Waals surface area contributed by atoms with Gasteiger partial charge in [-0.25, -0.2) is 4.98 Å². The van der Waals surface area contributed by atoms with Gasteiger partial charge in [-0.05, 0) is 41.1 Å². The zero-order valence-electron chi connectivity index (χ0n) is 10.5. The summed E-state index contributed by atoms with van der Waals surface area (Å²) in [6.45, 7) is 1.85. The first-order valence-corrected chi connectivity index (χ1v) is 7.39. The number of aliphatic carboxylic acids is 1. The number of carbonyl (C=O) groups is 1. The first-order chi connectivity index (χ1) is 9.51. The van der Waals surface area contributed by atoms with Crippen LogP contribution < -0.4 is 0 Å². The Balaban J connectivity index is 2.42. The molecule has 0 amide bonds. The zero-order chi connectivity index (χ0) is 14.7. The Kier molecular flexibility index (Phi) is 4.47. The highest BCUT2D eigenvalue weighted by atomic mass is 79.9. The molecule has 0 aliphatic carbocycles. The van der Waals surface area contributed by atoms with Crippen LogP contribution in [-0.2, 0) is 4.79 Å². The molecule has 1 N–H and O–H groups in total. The number of carboxylic acid groups (broad SMARTS) is 1. The van der Waals surface area contributed by atoms with Gasteiger partial charge in [0.15, 0.2) is 5.16 Å². The number of carboxylic acids is 1. The van der Waals surface area contributed by atoms with E-state index in [1.54, 1.807) is 18.2 Å². The highest BCUT2D eigenvalue weighted by Crippen LogP contribution is 2.27. The molecule has 0 saturated heterocycles. The first-order valence-electron chi connectivity index (χ1n) is 5.62. The van der Waals surface area contributed by atoms with Crippen molar-refractivity contribution in [2.75, 3.05) is 5.75 Å². The molecule has 0 aliphatic heterocycles. The Morgan fingerprint density at radius 2 is 2.35 bits per heavy atom. The Labute approximate surface area is 128 Å². The summed E-state index contributed by atoms with van der Waals surface area (Å²) in [6.07, 6.45) is 1.83. The Morgan fingerprint density at radius 1 is 1.60 bits per heavy atom. The van der Waals surface area contributed by atoms with Crippen molar-refractivity contribution in [1.82, 2.24) is 9.55 Å². The van der Waals surface area contributed by atoms with Gasteiger partial charge in [0.2, 0.25) is 0 Å². The normalized spacial score (nSPS) is 10.2. The number of benzene rings is 1. The summed E-state index contributed by atoms with van der Waals surface area (Å²) >= 11 is 4.58. The number of hydrogen-bond acceptors (Lipinski definition) is 4. The number of hydrogen-bond donors (Lipinski definition) is 1. The summed E-state index contributed by atoms with van der Waals surface area (Å²) in [4.78, 5) is 15.0. The van der Waals surface area contributed by atoms with E-state index in [1.807, 2.05) is 17.7 Å². The summed E-state index contributed by atoms with van der Waals surface area (Å²) in [5, 5.41) is 18.2. The van der Waals surface area contributed by atoms with Gasteiger partial charge < -0.3 is 5.11 Å². The number of halogens is 1. The lowest BCUT2D eigenvalue weighted by atomic mass is 10.2. The lowest BCUT2D eigenvalue weighted by molar-refractivity contribution is -0.133. The minimum atomic E-state index is -0.888. The van der Waals surface area contributed by atoms with Crippen molar-refractivity contribution >= 4 is 33.7 Å². The molecule has 20 heavy (non-hydrogen) atoms. The van der Waals surface area contributed by atoms with Gasteiger partial charge in [0.25, 0.3) is 0 Å². The van der Waals surface area contributed by atoms with E-state index in [-0.39, 0.29) is 5.75 Å². The third-order valence-corrected chi connectivity index (χ3v) is 4.03. The van der Waals surface area contributed by atoms with Gasteiger partial charge in [-0.15, -0.1) is 0 Å². The number of aromatic nitrogens is 2. The van der Waals surface area contributed by atoms with Crippen molar-refractivity contribution < 1.29 is 9.90 Å². The smallest absolute Gasteiger partial charge is 0.313 e. The van der Waals surface area contributed by atoms with Crippen molar-refractivity contribution in [3.8, 4) is 11.8 Å². The molecular weight excluding hydrogens is 342 g/mol. The summed E-state index contributed by atoms with van der Waals surface area (Å²) < 4.78 is 2.57. The van der Waals surface area contributed by atoms with Gasteiger partial charge in [0.1, 0.15) is 0 Å². The third kappa shape index (κ3) is 3.21. The van der Waals surface area contributed by atoms with Crippen molar-refractivity contribution in [3.63, 3.8) is 0 Å². The van der Waals surface area contributed by atoms with Crippen molar-refractivity contribution in [2.45, 2.75) is 12.1 Å². The molecule has 0 fully saturated rings. The first kappa shape index (κ1) is 14.6. The maximum atomic E-state index is 10.7. The molecule has 2 aromatic rings. The van der Waals surface area contributed by atoms with Gasteiger partial charge >= 0.3 is 5.97 Å². The van der Waals surface area contributed by atoms with Gasteiger partial charge in [-0.2, -0.15) is 5.26 Å². The minimum Gasteiger partial charge on any atom is -0.481 e. The van der Waals surface area contributed by atoms with Crippen LogP contribution in [0.1, 0.15) is 11.3 Å². The van der Waals surface area contributed by atoms with E-state index in [0.29, 0.717) is 10.7 Å². The molecule has 102 valence electrons. The molecule has 0 bridgehead atoms. The molecule has 0 saturated carbocycles. The van der Waals surface area contributed by atoms with E-state index in [4.69, 9.17) is 10.4 Å². The maximum absolute atomic E-state index is 10.7. The molecular formula is C13H10BrN3O2S. The van der Waals surface area contributed by atoms with Crippen LogP contribution >= 0.6 is 27.7 Å². The molecule has 0 aliphatic rings. The van der Waals surface area contributed by atoms with Crippen LogP contribution in [-0.4, -0.2) is 26.4 Å². The Bertz CT molecular complexity index is 706. The van der Waals surface area contributed by atoms with Crippen LogP contribution in [0.5, 0.6) is 0 Å². The number of aryl methyl sites for hydroxylation is 1. The van der Waals surface area contributed by atoms with Crippen LogP contribution in [0.15, 0.2) is 34.0 Å². The molecule has 0 atom stereocenters. The van der Waals surface area contributed by atoms with E-state index in [0.717, 1.165) is 27.6 Å². The van der Waals surface area contributed by atoms with E-state index in [2.05, 4.69) is 27.0 Å². The number of nitrogens with zero attached hydrogens (tertiary/aromatic N) is 3. The second kappa shape index (κ2) is 6.11. The van der Waals surface area contributed by atoms with Gasteiger partial charge in [-0.1, -0.05) is 11.8 Å². The van der Waals surface area contributed by atoms with Crippen LogP contribution in [0, 0.1) is 18.3 Å². The van der Waals surface area contributed by atoms with Crippen LogP contribution in [0.4, 0.5) is 0 Å². The van der Waals surface area contributed by atoms with Crippen molar-refractivity contribution in [3.05, 3.63) is 40.1 Å². The fourth-order valence-electron chi connectivity index (χ4n) is 1.65. The predicted molar refractivity (Wildman–Crippen MR) is 79.1 cm³/mol. The van der Waals surface area contributed by atoms with E-state index < -0.39 is 5.97 Å². The second-order valence-corrected chi connectivity index (χ2v) is 5.79. The Morgan fingerprint density at radius 3 is 2.95 bits per heavy atom. The molecule has 1 aromatic heterocycles. The Hall–Kier alpha value is -1.78. The lowest BCUT2D eigenvalue weighted by Gasteiger charge is -2.09. The van der Waals surface area contributed by atoms with E-state index in [9.17, 15) is 4.79 Å². The molecule has 0 radical (unpaired) electrons. The fraction of sp³-hybridized carbons (Fsp3) is 0.154. The lowest BCUT2D eigenvalue weighted by Crippen LogP contribution is -2.02. The van der Waals surface area contributed by atoms with Crippen molar-refractivity contribution in [1.29, 1.82) is 5.26 Å². The van der Waals surface area contributed by atoms with Crippen LogP contribution in [0.3, 0.4) is 0 Å². The van der Waals surface area contributed by atoms with E-state index in [1.165, 1.54) is 0 Å². The number of rotatable bonds is 4. The van der Waals surface area contributed by atoms with Gasteiger partial charge in [-0.3, -0.25) is 9.36 Å². The third-order valence-electron chi connectivity index (χ3n) is 2.46. The molecule has 7 heteroatoms. The zero-order valence-corrected chi connectivity index (χ0v) is 12.9. The summed E-state index contributed by atoms with van der Waals surface area (Å²) in [5.74, 6) is -0.939. The topological polar surface area (TPSA) is 78.9 Å². The molecule has 0 unspecified atom stereocenters. The van der Waals surface area contributed by atoms with Gasteiger partial charge in [0.05, 0.1) is 28.8 Å². The maximum Gasteiger partial charge on any atom is 0.313 e. The predicted octanol–water partition coefficient (Wildman–Crippen LogP) is 2.99. The van der Waals surface area contributed by atoms with Gasteiger partial charge in [0, 0.05) is 10.7 Å². The SMILES string of the molecule is Cc1cn(-c2ccc(C#N)cc2Br)c(SCC(=O)O)n1. The largest absolute Gasteiger partial charge is 0.481 e. The highest BCUT2D eigenvalue weighted by molar-refractivity contribution is 9.10. The van der Waals surface area contributed by atoms with Crippen LogP contribution in [0.2, 0.25) is 0 Å². The minimum absolute atomic E-state index is 0.0512. The average Bonchev–Trinajstić information content (AvgIpc) is 2.77. The summed E-state index contributed by atoms with van der Waals surface area (Å²) in [5.41, 5.74) is 2.17. The number of thioether (sulfide) groups is 1. The van der Waals surface area contributed by atoms with Crippen LogP contribution in [0.25, 0.3) is 5.69 Å². The number of nitriles is 1. The molecule has 5 nitrogen and oxygen atoms in total. The molecule has 1 aromatic carbocycles. The molecule has 1 heterocycles. The van der Waals surface area contributed by atoms with E-state index >= 15 is 0 Å². The summed E-state index contributed by atoms with van der Waals surface area (Å²) in [7, 11) is 0. The quantitative estimate of drug-likeness (QED) is 0.856. The standard InChI is InChI=1S/C13H10BrN3O2S/c1-8-6-17(13(16-8)20-7-12(18)19)11-3-2-9(5-15)4-10(11)14/h2-4,6H,7H2,1H3,(H,18,19). The second-order valence-electron chi connectivity index (χ2n) is 4.00. The highest BCUT2D eigenvalue weighted by Gasteiger charge is 2.12. The van der Waals surface area contributed by atoms with Crippen molar-refractivity contribution in [2.24, 2.45) is 0 Å².